The van der Waals surface area contributed by atoms with Crippen molar-refractivity contribution in [3.63, 3.8) is 0 Å². The van der Waals surface area contributed by atoms with Crippen LogP contribution in [-0.2, 0) is 4.79 Å². The maximum Gasteiger partial charge on any atom is 0.277 e. The van der Waals surface area contributed by atoms with Gasteiger partial charge in [-0.15, -0.1) is 10.2 Å². The fourth-order valence-corrected chi connectivity index (χ4v) is 3.16. The van der Waals surface area contributed by atoms with E-state index >= 15 is 0 Å². The number of hydrogen-bond donors (Lipinski definition) is 1. The first kappa shape index (κ1) is 17.2. The Morgan fingerprint density at radius 1 is 1.21 bits per heavy atom. The van der Waals surface area contributed by atoms with Crippen LogP contribution in [0, 0.1) is 3.57 Å². The minimum Gasteiger partial charge on any atom is -0.411 e. The number of halogens is 2. The van der Waals surface area contributed by atoms with Gasteiger partial charge in [0.2, 0.25) is 11.8 Å². The van der Waals surface area contributed by atoms with E-state index in [9.17, 15) is 4.79 Å². The molecule has 0 fully saturated rings. The van der Waals surface area contributed by atoms with Crippen molar-refractivity contribution in [1.29, 1.82) is 0 Å². The summed E-state index contributed by atoms with van der Waals surface area (Å²) in [6, 6.07) is 14.7. The van der Waals surface area contributed by atoms with Crippen LogP contribution in [0.3, 0.4) is 0 Å². The van der Waals surface area contributed by atoms with Gasteiger partial charge < -0.3 is 9.73 Å². The van der Waals surface area contributed by atoms with Crippen molar-refractivity contribution in [2.45, 2.75) is 5.22 Å². The monoisotopic (exact) mass is 471 g/mol. The Morgan fingerprint density at radius 2 is 2.04 bits per heavy atom. The maximum atomic E-state index is 12.0. The zero-order valence-electron chi connectivity index (χ0n) is 12.2. The summed E-state index contributed by atoms with van der Waals surface area (Å²) in [5.74, 6) is 0.423. The topological polar surface area (TPSA) is 68.0 Å². The molecule has 8 heteroatoms. The molecular formula is C16H11ClIN3O2S. The highest BCUT2D eigenvalue weighted by Crippen LogP contribution is 2.25. The van der Waals surface area contributed by atoms with Crippen LogP contribution in [0.4, 0.5) is 5.69 Å². The number of rotatable bonds is 5. The van der Waals surface area contributed by atoms with E-state index < -0.39 is 0 Å². The molecule has 0 aliphatic carbocycles. The van der Waals surface area contributed by atoms with E-state index in [4.69, 9.17) is 16.0 Å². The molecule has 1 aromatic heterocycles. The highest BCUT2D eigenvalue weighted by atomic mass is 127. The third-order valence-corrected chi connectivity index (χ3v) is 4.95. The fraction of sp³-hybridized carbons (Fsp3) is 0.0625. The number of benzene rings is 2. The Balaban J connectivity index is 1.59. The first-order chi connectivity index (χ1) is 11.6. The number of anilines is 1. The van der Waals surface area contributed by atoms with Crippen LogP contribution in [0.1, 0.15) is 0 Å². The third kappa shape index (κ3) is 4.49. The van der Waals surface area contributed by atoms with Crippen molar-refractivity contribution in [2.75, 3.05) is 11.1 Å². The Kier molecular flexibility index (Phi) is 5.75. The van der Waals surface area contributed by atoms with E-state index in [1.165, 1.54) is 11.8 Å². The van der Waals surface area contributed by atoms with Gasteiger partial charge in [0.1, 0.15) is 0 Å². The van der Waals surface area contributed by atoms with E-state index in [1.54, 1.807) is 12.1 Å². The summed E-state index contributed by atoms with van der Waals surface area (Å²) in [5.41, 5.74) is 1.53. The highest BCUT2D eigenvalue weighted by molar-refractivity contribution is 14.1. The summed E-state index contributed by atoms with van der Waals surface area (Å²) < 4.78 is 6.53. The summed E-state index contributed by atoms with van der Waals surface area (Å²) in [6.45, 7) is 0. The number of amides is 1. The zero-order valence-corrected chi connectivity index (χ0v) is 15.9. The summed E-state index contributed by atoms with van der Waals surface area (Å²) in [6.07, 6.45) is 0. The van der Waals surface area contributed by atoms with E-state index in [0.29, 0.717) is 16.1 Å². The molecule has 0 saturated carbocycles. The van der Waals surface area contributed by atoms with Crippen LogP contribution in [-0.4, -0.2) is 21.9 Å². The molecule has 0 aliphatic heterocycles. The molecule has 122 valence electrons. The van der Waals surface area contributed by atoms with Gasteiger partial charge in [-0.3, -0.25) is 4.79 Å². The van der Waals surface area contributed by atoms with Crippen LogP contribution >= 0.6 is 46.0 Å². The molecular weight excluding hydrogens is 461 g/mol. The summed E-state index contributed by atoms with van der Waals surface area (Å²) in [7, 11) is 0. The Bertz CT molecular complexity index is 872. The van der Waals surface area contributed by atoms with Crippen molar-refractivity contribution in [3.05, 3.63) is 57.1 Å². The fourth-order valence-electron chi connectivity index (χ4n) is 1.88. The average molecular weight is 472 g/mol. The number of hydrogen-bond acceptors (Lipinski definition) is 5. The molecule has 0 saturated heterocycles. The second-order valence-corrected chi connectivity index (χ2v) is 7.23. The minimum absolute atomic E-state index is 0.133. The lowest BCUT2D eigenvalue weighted by Crippen LogP contribution is -2.14. The van der Waals surface area contributed by atoms with Gasteiger partial charge >= 0.3 is 0 Å². The molecule has 3 rings (SSSR count). The van der Waals surface area contributed by atoms with Crippen LogP contribution < -0.4 is 5.32 Å². The molecule has 0 aliphatic rings. The molecule has 0 radical (unpaired) electrons. The van der Waals surface area contributed by atoms with Crippen LogP contribution in [0.25, 0.3) is 11.5 Å². The van der Waals surface area contributed by atoms with Gasteiger partial charge in [0.15, 0.2) is 0 Å². The SMILES string of the molecule is O=C(CSc1nnc(-c2cccc(Cl)c2)o1)Nc1ccccc1I. The predicted molar refractivity (Wildman–Crippen MR) is 103 cm³/mol. The number of aromatic nitrogens is 2. The molecule has 1 amide bonds. The van der Waals surface area contributed by atoms with Crippen molar-refractivity contribution < 1.29 is 9.21 Å². The van der Waals surface area contributed by atoms with Gasteiger partial charge in [0.05, 0.1) is 11.4 Å². The quantitative estimate of drug-likeness (QED) is 0.431. The van der Waals surface area contributed by atoms with Crippen molar-refractivity contribution in [1.82, 2.24) is 10.2 Å². The lowest BCUT2D eigenvalue weighted by atomic mass is 10.2. The molecule has 2 aromatic carbocycles. The normalized spacial score (nSPS) is 10.6. The molecule has 0 atom stereocenters. The van der Waals surface area contributed by atoms with E-state index in [-0.39, 0.29) is 11.7 Å². The summed E-state index contributed by atoms with van der Waals surface area (Å²) >= 11 is 9.30. The molecule has 1 heterocycles. The van der Waals surface area contributed by atoms with Crippen molar-refractivity contribution in [2.24, 2.45) is 0 Å². The minimum atomic E-state index is -0.133. The van der Waals surface area contributed by atoms with Gasteiger partial charge in [0.25, 0.3) is 5.22 Å². The lowest BCUT2D eigenvalue weighted by molar-refractivity contribution is -0.113. The average Bonchev–Trinajstić information content (AvgIpc) is 3.04. The maximum absolute atomic E-state index is 12.0. The summed E-state index contributed by atoms with van der Waals surface area (Å²) in [4.78, 5) is 12.0. The summed E-state index contributed by atoms with van der Waals surface area (Å²) in [5, 5.41) is 11.7. The first-order valence-electron chi connectivity index (χ1n) is 6.88. The van der Waals surface area contributed by atoms with Crippen molar-refractivity contribution >= 4 is 57.5 Å². The zero-order chi connectivity index (χ0) is 16.9. The number of para-hydroxylation sites is 1. The van der Waals surface area contributed by atoms with E-state index in [2.05, 4.69) is 38.1 Å². The second kappa shape index (κ2) is 8.00. The largest absolute Gasteiger partial charge is 0.411 e. The number of thioether (sulfide) groups is 1. The Labute approximate surface area is 161 Å². The molecule has 0 bridgehead atoms. The molecule has 5 nitrogen and oxygen atoms in total. The van der Waals surface area contributed by atoms with Gasteiger partial charge in [-0.1, -0.05) is 41.6 Å². The standard InChI is InChI=1S/C16H11ClIN3O2S/c17-11-5-3-4-10(8-11)15-20-21-16(23-15)24-9-14(22)19-13-7-2-1-6-12(13)18/h1-8H,9H2,(H,19,22). The molecule has 1 N–H and O–H groups in total. The first-order valence-corrected chi connectivity index (χ1v) is 9.32. The Morgan fingerprint density at radius 3 is 2.83 bits per heavy atom. The number of carbonyl (C=O) groups excluding carboxylic acids is 1. The highest BCUT2D eigenvalue weighted by Gasteiger charge is 2.12. The molecule has 3 aromatic rings. The molecule has 0 unspecified atom stereocenters. The Hall–Kier alpha value is -1.58. The molecule has 24 heavy (non-hydrogen) atoms. The van der Waals surface area contributed by atoms with Gasteiger partial charge in [-0.2, -0.15) is 0 Å². The van der Waals surface area contributed by atoms with Crippen LogP contribution in [0.5, 0.6) is 0 Å². The van der Waals surface area contributed by atoms with Gasteiger partial charge in [-0.25, -0.2) is 0 Å². The van der Waals surface area contributed by atoms with Crippen LogP contribution in [0.2, 0.25) is 5.02 Å². The number of nitrogens with zero attached hydrogens (tertiary/aromatic N) is 2. The van der Waals surface area contributed by atoms with E-state index in [1.807, 2.05) is 36.4 Å². The van der Waals surface area contributed by atoms with Gasteiger partial charge in [0, 0.05) is 14.2 Å². The van der Waals surface area contributed by atoms with Gasteiger partial charge in [-0.05, 0) is 52.9 Å². The smallest absolute Gasteiger partial charge is 0.277 e. The van der Waals surface area contributed by atoms with Crippen LogP contribution in [0.15, 0.2) is 58.2 Å². The predicted octanol–water partition coefficient (Wildman–Crippen LogP) is 4.73. The third-order valence-electron chi connectivity index (χ3n) is 2.95. The van der Waals surface area contributed by atoms with E-state index in [0.717, 1.165) is 14.8 Å². The lowest BCUT2D eigenvalue weighted by Gasteiger charge is -2.05. The van der Waals surface area contributed by atoms with Crippen molar-refractivity contribution in [3.8, 4) is 11.5 Å². The molecule has 0 spiro atoms. The number of carbonyl (C=O) groups is 1. The second-order valence-electron chi connectivity index (χ2n) is 4.70. The number of nitrogens with one attached hydrogen (secondary N) is 1.